The van der Waals surface area contributed by atoms with E-state index >= 15 is 0 Å². The van der Waals surface area contributed by atoms with Gasteiger partial charge in [-0.25, -0.2) is 4.98 Å². The number of nitrogens with zero attached hydrogens (tertiary/aromatic N) is 1. The third-order valence-corrected chi connectivity index (χ3v) is 2.81. The molecule has 5 heteroatoms. The van der Waals surface area contributed by atoms with E-state index in [0.717, 1.165) is 5.39 Å². The van der Waals surface area contributed by atoms with Crippen molar-refractivity contribution >= 4 is 45.7 Å². The van der Waals surface area contributed by atoms with Gasteiger partial charge in [-0.05, 0) is 18.2 Å². The number of ether oxygens (including phenoxy) is 1. The van der Waals surface area contributed by atoms with Gasteiger partial charge in [-0.15, -0.1) is 0 Å². The van der Waals surface area contributed by atoms with Crippen LogP contribution < -0.4 is 4.74 Å². The van der Waals surface area contributed by atoms with Crippen LogP contribution in [0.25, 0.3) is 10.9 Å². The van der Waals surface area contributed by atoms with Gasteiger partial charge in [0, 0.05) is 5.39 Å². The number of rotatable bonds is 1. The van der Waals surface area contributed by atoms with Gasteiger partial charge in [-0.3, -0.25) is 0 Å². The van der Waals surface area contributed by atoms with E-state index < -0.39 is 0 Å². The number of aromatic nitrogens is 1. The van der Waals surface area contributed by atoms with Gasteiger partial charge >= 0.3 is 0 Å². The minimum atomic E-state index is 0.313. The molecule has 78 valence electrons. The first-order valence-electron chi connectivity index (χ1n) is 4.11. The fourth-order valence-corrected chi connectivity index (χ4v) is 2.10. The van der Waals surface area contributed by atoms with Crippen LogP contribution in [0.1, 0.15) is 0 Å². The summed E-state index contributed by atoms with van der Waals surface area (Å²) in [6, 6.07) is 5.08. The molecular weight excluding hydrogens is 256 g/mol. The number of hydrogen-bond donors (Lipinski definition) is 0. The fraction of sp³-hybridized carbons (Fsp3) is 0.100. The average Bonchev–Trinajstić information content (AvgIpc) is 2.17. The summed E-state index contributed by atoms with van der Waals surface area (Å²) in [7, 11) is 1.52. The Hall–Kier alpha value is -0.700. The molecule has 1 aromatic heterocycles. The Kier molecular flexibility index (Phi) is 2.91. The van der Waals surface area contributed by atoms with Crippen molar-refractivity contribution in [3.63, 3.8) is 0 Å². The highest BCUT2D eigenvalue weighted by Gasteiger charge is 2.11. The molecule has 2 rings (SSSR count). The van der Waals surface area contributed by atoms with Crippen molar-refractivity contribution in [1.29, 1.82) is 0 Å². The van der Waals surface area contributed by atoms with Gasteiger partial charge in [-0.2, -0.15) is 0 Å². The first kappa shape index (κ1) is 10.8. The lowest BCUT2D eigenvalue weighted by Gasteiger charge is -2.07. The molecule has 15 heavy (non-hydrogen) atoms. The van der Waals surface area contributed by atoms with Crippen LogP contribution in [0.5, 0.6) is 5.75 Å². The van der Waals surface area contributed by atoms with E-state index in [1.54, 1.807) is 18.2 Å². The second-order valence-corrected chi connectivity index (χ2v) is 4.11. The minimum absolute atomic E-state index is 0.313. The summed E-state index contributed by atoms with van der Waals surface area (Å²) in [5, 5.41) is 2.09. The van der Waals surface area contributed by atoms with Crippen LogP contribution in [0.3, 0.4) is 0 Å². The van der Waals surface area contributed by atoms with E-state index in [1.807, 2.05) is 0 Å². The Balaban J connectivity index is 2.91. The topological polar surface area (TPSA) is 22.1 Å². The summed E-state index contributed by atoms with van der Waals surface area (Å²) in [6.45, 7) is 0. The molecule has 2 aromatic rings. The molecule has 0 saturated carbocycles. The highest BCUT2D eigenvalue weighted by atomic mass is 35.5. The Bertz CT molecular complexity index is 528. The number of benzene rings is 1. The van der Waals surface area contributed by atoms with E-state index in [9.17, 15) is 0 Å². The molecule has 0 atom stereocenters. The van der Waals surface area contributed by atoms with Crippen molar-refractivity contribution in [3.8, 4) is 5.75 Å². The number of fused-ring (bicyclic) bond motifs is 1. The molecular formula is C10H6Cl3NO. The second-order valence-electron chi connectivity index (χ2n) is 2.90. The smallest absolute Gasteiger partial charge is 0.163 e. The monoisotopic (exact) mass is 261 g/mol. The molecule has 1 heterocycles. The summed E-state index contributed by atoms with van der Waals surface area (Å²) in [5.74, 6) is 0.485. The highest BCUT2D eigenvalue weighted by molar-refractivity contribution is 6.39. The Morgan fingerprint density at radius 3 is 2.53 bits per heavy atom. The third kappa shape index (κ3) is 1.85. The van der Waals surface area contributed by atoms with Crippen molar-refractivity contribution in [3.05, 3.63) is 33.4 Å². The number of pyridine rings is 1. The van der Waals surface area contributed by atoms with Gasteiger partial charge in [0.15, 0.2) is 5.75 Å². The molecule has 0 fully saturated rings. The molecule has 0 unspecified atom stereocenters. The molecule has 2 nitrogen and oxygen atoms in total. The maximum atomic E-state index is 6.02. The zero-order valence-electron chi connectivity index (χ0n) is 7.72. The molecule has 0 bridgehead atoms. The van der Waals surface area contributed by atoms with E-state index in [1.165, 1.54) is 7.11 Å². The Morgan fingerprint density at radius 1 is 1.13 bits per heavy atom. The zero-order chi connectivity index (χ0) is 11.0. The van der Waals surface area contributed by atoms with Gasteiger partial charge < -0.3 is 4.74 Å². The van der Waals surface area contributed by atoms with Gasteiger partial charge in [0.1, 0.15) is 10.7 Å². The van der Waals surface area contributed by atoms with Gasteiger partial charge in [0.2, 0.25) is 0 Å². The van der Waals surface area contributed by atoms with Crippen LogP contribution in [0.2, 0.25) is 15.2 Å². The van der Waals surface area contributed by atoms with Gasteiger partial charge in [0.05, 0.1) is 17.2 Å². The molecule has 0 spiro atoms. The lowest BCUT2D eigenvalue weighted by molar-refractivity contribution is 0.419. The predicted octanol–water partition coefficient (Wildman–Crippen LogP) is 4.20. The third-order valence-electron chi connectivity index (χ3n) is 2.01. The quantitative estimate of drug-likeness (QED) is 0.719. The fourth-order valence-electron chi connectivity index (χ4n) is 1.37. The van der Waals surface area contributed by atoms with Crippen molar-refractivity contribution in [2.24, 2.45) is 0 Å². The predicted molar refractivity (Wildman–Crippen MR) is 63.3 cm³/mol. The Labute approximate surface area is 102 Å². The summed E-state index contributed by atoms with van der Waals surface area (Å²) >= 11 is 17.8. The van der Waals surface area contributed by atoms with E-state index in [0.29, 0.717) is 26.5 Å². The second kappa shape index (κ2) is 4.05. The molecule has 0 amide bonds. The number of methoxy groups -OCH3 is 1. The molecule has 1 aromatic carbocycles. The first-order valence-corrected chi connectivity index (χ1v) is 5.25. The maximum Gasteiger partial charge on any atom is 0.163 e. The normalized spacial score (nSPS) is 10.7. The molecule has 0 radical (unpaired) electrons. The van der Waals surface area contributed by atoms with E-state index in [2.05, 4.69) is 4.98 Å². The van der Waals surface area contributed by atoms with Crippen molar-refractivity contribution in [2.75, 3.05) is 7.11 Å². The number of hydrogen-bond acceptors (Lipinski definition) is 2. The lowest BCUT2D eigenvalue weighted by atomic mass is 10.2. The van der Waals surface area contributed by atoms with Crippen molar-refractivity contribution < 1.29 is 4.74 Å². The summed E-state index contributed by atoms with van der Waals surface area (Å²) in [5.41, 5.74) is 0.572. The highest BCUT2D eigenvalue weighted by Crippen LogP contribution is 2.36. The standard InChI is InChI=1S/C10H6Cl3NO/c1-15-10-6(11)3-2-5-7(12)4-8(13)14-9(5)10/h2-4H,1H3. The van der Waals surface area contributed by atoms with E-state index in [-0.39, 0.29) is 0 Å². The van der Waals surface area contributed by atoms with Crippen LogP contribution in [0.15, 0.2) is 18.2 Å². The van der Waals surface area contributed by atoms with E-state index in [4.69, 9.17) is 39.5 Å². The van der Waals surface area contributed by atoms with Crippen molar-refractivity contribution in [2.45, 2.75) is 0 Å². The van der Waals surface area contributed by atoms with Crippen LogP contribution >= 0.6 is 34.8 Å². The number of halogens is 3. The summed E-state index contributed by atoms with van der Waals surface area (Å²) in [4.78, 5) is 4.14. The van der Waals surface area contributed by atoms with Crippen LogP contribution in [-0.4, -0.2) is 12.1 Å². The van der Waals surface area contributed by atoms with Crippen LogP contribution in [0, 0.1) is 0 Å². The molecule has 0 aliphatic rings. The SMILES string of the molecule is COc1c(Cl)ccc2c(Cl)cc(Cl)nc12. The lowest BCUT2D eigenvalue weighted by Crippen LogP contribution is -1.90. The largest absolute Gasteiger partial charge is 0.493 e. The zero-order valence-corrected chi connectivity index (χ0v) is 9.99. The molecule has 0 N–H and O–H groups in total. The van der Waals surface area contributed by atoms with Crippen LogP contribution in [-0.2, 0) is 0 Å². The van der Waals surface area contributed by atoms with Crippen LogP contribution in [0.4, 0.5) is 0 Å². The molecule has 0 aliphatic carbocycles. The summed E-state index contributed by atoms with van der Waals surface area (Å²) < 4.78 is 5.16. The molecule has 0 saturated heterocycles. The first-order chi connectivity index (χ1) is 7.13. The van der Waals surface area contributed by atoms with Gasteiger partial charge in [0.25, 0.3) is 0 Å². The Morgan fingerprint density at radius 2 is 1.87 bits per heavy atom. The minimum Gasteiger partial charge on any atom is -0.493 e. The average molecular weight is 263 g/mol. The molecule has 0 aliphatic heterocycles. The van der Waals surface area contributed by atoms with Crippen molar-refractivity contribution in [1.82, 2.24) is 4.98 Å². The van der Waals surface area contributed by atoms with Gasteiger partial charge in [-0.1, -0.05) is 34.8 Å². The maximum absolute atomic E-state index is 6.02. The summed E-state index contributed by atoms with van der Waals surface area (Å²) in [6.07, 6.45) is 0.